The normalized spacial score (nSPS) is 18.8. The molecule has 1 fully saturated rings. The van der Waals surface area contributed by atoms with Crippen molar-refractivity contribution in [2.24, 2.45) is 0 Å². The molecular weight excluding hydrogens is 322 g/mol. The van der Waals surface area contributed by atoms with E-state index >= 15 is 0 Å². The smallest absolute Gasteiger partial charge is 0.443 e. The molecule has 0 aromatic rings. The standard InChI is InChI=1S/C14H29NO5SSi/c1-5-17-22(18-6-2,19-7-3)10-8-9-15-11-13(12-21-4)20-14(15)16/h13H,5-12H2,1-4H3. The maximum Gasteiger partial charge on any atom is 0.500 e. The summed E-state index contributed by atoms with van der Waals surface area (Å²) in [6.45, 7) is 8.91. The molecule has 0 N–H and O–H groups in total. The second-order valence-corrected chi connectivity index (χ2v) is 8.64. The molecule has 0 radical (unpaired) electrons. The Hall–Kier alpha value is -0.283. The van der Waals surface area contributed by atoms with Crippen LogP contribution in [0.4, 0.5) is 4.79 Å². The van der Waals surface area contributed by atoms with Crippen molar-refractivity contribution in [3.63, 3.8) is 0 Å². The van der Waals surface area contributed by atoms with Crippen LogP contribution < -0.4 is 0 Å². The van der Waals surface area contributed by atoms with Crippen LogP contribution in [-0.4, -0.2) is 70.8 Å². The average Bonchev–Trinajstić information content (AvgIpc) is 2.80. The maximum atomic E-state index is 11.8. The van der Waals surface area contributed by atoms with Crippen LogP contribution in [0.15, 0.2) is 0 Å². The van der Waals surface area contributed by atoms with E-state index in [0.29, 0.717) is 32.9 Å². The quantitative estimate of drug-likeness (QED) is 0.504. The maximum absolute atomic E-state index is 11.8. The number of cyclic esters (lactones) is 1. The molecule has 130 valence electrons. The van der Waals surface area contributed by atoms with Gasteiger partial charge in [-0.25, -0.2) is 4.79 Å². The highest BCUT2D eigenvalue weighted by atomic mass is 32.2. The summed E-state index contributed by atoms with van der Waals surface area (Å²) < 4.78 is 22.8. The highest BCUT2D eigenvalue weighted by Gasteiger charge is 2.40. The van der Waals surface area contributed by atoms with E-state index in [1.54, 1.807) is 16.7 Å². The number of carbonyl (C=O) groups is 1. The van der Waals surface area contributed by atoms with Gasteiger partial charge in [-0.15, -0.1) is 0 Å². The number of hydrogen-bond acceptors (Lipinski definition) is 6. The summed E-state index contributed by atoms with van der Waals surface area (Å²) in [5, 5.41) is 0. The lowest BCUT2D eigenvalue weighted by Crippen LogP contribution is -2.46. The molecule has 1 atom stereocenters. The molecule has 1 saturated heterocycles. The lowest BCUT2D eigenvalue weighted by atomic mass is 10.3. The van der Waals surface area contributed by atoms with E-state index in [-0.39, 0.29) is 12.2 Å². The van der Waals surface area contributed by atoms with Crippen molar-refractivity contribution in [2.45, 2.75) is 39.3 Å². The summed E-state index contributed by atoms with van der Waals surface area (Å²) in [6.07, 6.45) is 2.61. The Morgan fingerprint density at radius 2 is 1.82 bits per heavy atom. The minimum Gasteiger partial charge on any atom is -0.443 e. The minimum atomic E-state index is -2.60. The fourth-order valence-corrected chi connectivity index (χ4v) is 5.66. The first-order valence-corrected chi connectivity index (χ1v) is 11.3. The van der Waals surface area contributed by atoms with E-state index in [1.807, 2.05) is 27.0 Å². The number of nitrogens with zero attached hydrogens (tertiary/aromatic N) is 1. The molecule has 6 nitrogen and oxygen atoms in total. The Morgan fingerprint density at radius 3 is 2.32 bits per heavy atom. The second kappa shape index (κ2) is 10.5. The van der Waals surface area contributed by atoms with Crippen LogP contribution in [0.2, 0.25) is 6.04 Å². The van der Waals surface area contributed by atoms with Crippen molar-refractivity contribution in [1.82, 2.24) is 4.90 Å². The molecule has 1 amide bonds. The van der Waals surface area contributed by atoms with Crippen molar-refractivity contribution in [3.8, 4) is 0 Å². The zero-order chi connectivity index (χ0) is 16.4. The Kier molecular flexibility index (Phi) is 9.42. The molecule has 1 heterocycles. The summed E-state index contributed by atoms with van der Waals surface area (Å²) in [7, 11) is -2.60. The molecule has 0 saturated carbocycles. The van der Waals surface area contributed by atoms with Gasteiger partial charge in [-0.05, 0) is 33.4 Å². The van der Waals surface area contributed by atoms with Gasteiger partial charge >= 0.3 is 14.9 Å². The molecule has 1 unspecified atom stereocenters. The number of thioether (sulfide) groups is 1. The molecular formula is C14H29NO5SSi. The number of rotatable bonds is 12. The zero-order valence-corrected chi connectivity index (χ0v) is 15.9. The van der Waals surface area contributed by atoms with Gasteiger partial charge in [0.15, 0.2) is 0 Å². The van der Waals surface area contributed by atoms with Crippen molar-refractivity contribution >= 4 is 26.7 Å². The van der Waals surface area contributed by atoms with E-state index in [9.17, 15) is 4.79 Å². The minimum absolute atomic E-state index is 0.00942. The molecule has 0 aliphatic carbocycles. The first-order chi connectivity index (χ1) is 10.6. The highest BCUT2D eigenvalue weighted by molar-refractivity contribution is 7.98. The van der Waals surface area contributed by atoms with E-state index in [1.165, 1.54) is 0 Å². The van der Waals surface area contributed by atoms with Gasteiger partial charge in [0.25, 0.3) is 0 Å². The summed E-state index contributed by atoms with van der Waals surface area (Å²) >= 11 is 1.69. The third-order valence-corrected chi connectivity index (χ3v) is 7.16. The largest absolute Gasteiger partial charge is 0.500 e. The zero-order valence-electron chi connectivity index (χ0n) is 14.1. The van der Waals surface area contributed by atoms with E-state index < -0.39 is 8.80 Å². The van der Waals surface area contributed by atoms with Gasteiger partial charge in [0.2, 0.25) is 0 Å². The van der Waals surface area contributed by atoms with Gasteiger partial charge in [-0.2, -0.15) is 11.8 Å². The van der Waals surface area contributed by atoms with Gasteiger partial charge in [0.1, 0.15) is 6.10 Å². The third kappa shape index (κ3) is 6.08. The van der Waals surface area contributed by atoms with Gasteiger partial charge in [-0.1, -0.05) is 0 Å². The molecule has 8 heteroatoms. The predicted octanol–water partition coefficient (Wildman–Crippen LogP) is 2.61. The molecule has 1 aliphatic rings. The van der Waals surface area contributed by atoms with Crippen LogP contribution in [0.25, 0.3) is 0 Å². The number of hydrogen-bond donors (Lipinski definition) is 0. The summed E-state index contributed by atoms with van der Waals surface area (Å²) in [5.41, 5.74) is 0. The number of amides is 1. The summed E-state index contributed by atoms with van der Waals surface area (Å²) in [6, 6.07) is 0.722. The molecule has 1 aliphatic heterocycles. The van der Waals surface area contributed by atoms with Crippen LogP contribution in [0.3, 0.4) is 0 Å². The Labute approximate surface area is 139 Å². The van der Waals surface area contributed by atoms with Crippen LogP contribution in [0.1, 0.15) is 27.2 Å². The SMILES string of the molecule is CCO[Si](CCCN1CC(CSC)OC1=O)(OCC)OCC. The van der Waals surface area contributed by atoms with Crippen molar-refractivity contribution in [3.05, 3.63) is 0 Å². The lowest BCUT2D eigenvalue weighted by Gasteiger charge is -2.28. The van der Waals surface area contributed by atoms with E-state index in [0.717, 1.165) is 18.2 Å². The van der Waals surface area contributed by atoms with E-state index in [2.05, 4.69) is 0 Å². The van der Waals surface area contributed by atoms with E-state index in [4.69, 9.17) is 18.0 Å². The van der Waals surface area contributed by atoms with Crippen LogP contribution >= 0.6 is 11.8 Å². The molecule has 0 aromatic heterocycles. The fourth-order valence-electron chi connectivity index (χ4n) is 2.52. The van der Waals surface area contributed by atoms with Gasteiger partial charge in [0, 0.05) is 38.2 Å². The molecule has 0 bridgehead atoms. The monoisotopic (exact) mass is 351 g/mol. The highest BCUT2D eigenvalue weighted by Crippen LogP contribution is 2.20. The Balaban J connectivity index is 2.46. The van der Waals surface area contributed by atoms with Crippen molar-refractivity contribution in [1.29, 1.82) is 0 Å². The number of carbonyl (C=O) groups excluding carboxylic acids is 1. The van der Waals surface area contributed by atoms with Crippen LogP contribution in [-0.2, 0) is 18.0 Å². The van der Waals surface area contributed by atoms with Gasteiger partial charge in [0.05, 0.1) is 6.54 Å². The van der Waals surface area contributed by atoms with Gasteiger partial charge in [-0.3, -0.25) is 0 Å². The first kappa shape index (κ1) is 19.8. The van der Waals surface area contributed by atoms with Crippen LogP contribution in [0, 0.1) is 0 Å². The lowest BCUT2D eigenvalue weighted by molar-refractivity contribution is 0.0701. The average molecular weight is 352 g/mol. The van der Waals surface area contributed by atoms with Crippen LogP contribution in [0.5, 0.6) is 0 Å². The number of ether oxygens (including phenoxy) is 1. The molecule has 22 heavy (non-hydrogen) atoms. The third-order valence-electron chi connectivity index (χ3n) is 3.31. The molecule has 1 rings (SSSR count). The topological polar surface area (TPSA) is 57.2 Å². The van der Waals surface area contributed by atoms with Crippen molar-refractivity contribution in [2.75, 3.05) is 44.9 Å². The molecule has 0 spiro atoms. The summed E-state index contributed by atoms with van der Waals surface area (Å²) in [5.74, 6) is 0.845. The first-order valence-electron chi connectivity index (χ1n) is 7.97. The summed E-state index contributed by atoms with van der Waals surface area (Å²) in [4.78, 5) is 13.6. The second-order valence-electron chi connectivity index (χ2n) is 4.99. The Morgan fingerprint density at radius 1 is 1.23 bits per heavy atom. The predicted molar refractivity (Wildman–Crippen MR) is 90.3 cm³/mol. The van der Waals surface area contributed by atoms with Crippen molar-refractivity contribution < 1.29 is 22.8 Å². The Bertz CT molecular complexity index is 317. The fraction of sp³-hybridized carbons (Fsp3) is 0.929. The van der Waals surface area contributed by atoms with Gasteiger partial charge < -0.3 is 22.9 Å². The molecule has 0 aromatic carbocycles.